The molecule has 10 heteroatoms. The number of hydrogen-bond donors (Lipinski definition) is 2. The summed E-state index contributed by atoms with van der Waals surface area (Å²) in [5, 5.41) is 7.35. The van der Waals surface area contributed by atoms with Gasteiger partial charge >= 0.3 is 6.03 Å². The minimum Gasteiger partial charge on any atom is -0.383 e. The average molecular weight is 519 g/mol. The van der Waals surface area contributed by atoms with Crippen LogP contribution < -0.4 is 20.4 Å². The van der Waals surface area contributed by atoms with Crippen molar-refractivity contribution in [3.05, 3.63) is 64.8 Å². The Morgan fingerprint density at radius 3 is 2.62 bits per heavy atom. The molecule has 2 amide bonds. The zero-order chi connectivity index (χ0) is 25.5. The second kappa shape index (κ2) is 9.72. The number of rotatable bonds is 4. The predicted molar refractivity (Wildman–Crippen MR) is 148 cm³/mol. The van der Waals surface area contributed by atoms with Crippen molar-refractivity contribution in [2.75, 3.05) is 67.3 Å². The second-order valence-electron chi connectivity index (χ2n) is 9.91. The van der Waals surface area contributed by atoms with Gasteiger partial charge in [0.2, 0.25) is 5.95 Å². The van der Waals surface area contributed by atoms with Crippen LogP contribution >= 0.6 is 11.6 Å². The number of halogens is 1. The summed E-state index contributed by atoms with van der Waals surface area (Å²) in [6.45, 7) is 5.42. The summed E-state index contributed by atoms with van der Waals surface area (Å²) in [6, 6.07) is 14.1. The second-order valence-corrected chi connectivity index (χ2v) is 10.3. The first-order valence-electron chi connectivity index (χ1n) is 12.7. The van der Waals surface area contributed by atoms with Gasteiger partial charge in [-0.3, -0.25) is 4.90 Å². The van der Waals surface area contributed by atoms with Gasteiger partial charge in [-0.15, -0.1) is 0 Å². The van der Waals surface area contributed by atoms with E-state index in [4.69, 9.17) is 16.6 Å². The van der Waals surface area contributed by atoms with Crippen LogP contribution in [0.3, 0.4) is 0 Å². The lowest BCUT2D eigenvalue weighted by Gasteiger charge is -2.41. The smallest absolute Gasteiger partial charge is 0.326 e. The Bertz CT molecular complexity index is 1310. The van der Waals surface area contributed by atoms with E-state index in [1.807, 2.05) is 41.4 Å². The first-order chi connectivity index (χ1) is 18.0. The molecule has 1 unspecified atom stereocenters. The number of urea groups is 1. The minimum absolute atomic E-state index is 0.0605. The maximum absolute atomic E-state index is 13.5. The highest BCUT2D eigenvalue weighted by Crippen LogP contribution is 2.41. The molecular weight excluding hydrogens is 488 g/mol. The van der Waals surface area contributed by atoms with Gasteiger partial charge in [0.1, 0.15) is 5.82 Å². The normalized spacial score (nSPS) is 19.8. The number of fused-ring (bicyclic) bond motifs is 2. The number of nitrogens with one attached hydrogen (secondary N) is 2. The third-order valence-electron chi connectivity index (χ3n) is 7.53. The molecule has 3 aliphatic rings. The van der Waals surface area contributed by atoms with E-state index in [2.05, 4.69) is 44.6 Å². The molecule has 1 atom stereocenters. The molecule has 1 aromatic heterocycles. The van der Waals surface area contributed by atoms with Gasteiger partial charge in [-0.05, 0) is 49.4 Å². The van der Waals surface area contributed by atoms with E-state index in [-0.39, 0.29) is 12.1 Å². The molecule has 3 aromatic rings. The molecule has 3 aliphatic heterocycles. The molecule has 0 radical (unpaired) electrons. The summed E-state index contributed by atoms with van der Waals surface area (Å²) < 4.78 is 0. The number of para-hydroxylation sites is 1. The van der Waals surface area contributed by atoms with Gasteiger partial charge in [0.15, 0.2) is 0 Å². The summed E-state index contributed by atoms with van der Waals surface area (Å²) in [5.41, 5.74) is 5.00. The summed E-state index contributed by atoms with van der Waals surface area (Å²) >= 11 is 6.42. The molecule has 192 valence electrons. The summed E-state index contributed by atoms with van der Waals surface area (Å²) in [5.74, 6) is 1.10. The van der Waals surface area contributed by atoms with Crippen molar-refractivity contribution < 1.29 is 4.79 Å². The van der Waals surface area contributed by atoms with Crippen LogP contribution in [0.15, 0.2) is 48.7 Å². The third kappa shape index (κ3) is 4.53. The first kappa shape index (κ1) is 23.8. The molecule has 2 aromatic carbocycles. The lowest BCUT2D eigenvalue weighted by molar-refractivity contribution is 0.170. The zero-order valence-corrected chi connectivity index (χ0v) is 21.9. The first-order valence-corrected chi connectivity index (χ1v) is 13.1. The van der Waals surface area contributed by atoms with Crippen molar-refractivity contribution in [3.8, 4) is 0 Å². The maximum Gasteiger partial charge on any atom is 0.326 e. The zero-order valence-electron chi connectivity index (χ0n) is 21.1. The minimum atomic E-state index is -0.0773. The predicted octanol–water partition coefficient (Wildman–Crippen LogP) is 4.55. The number of carbonyl (C=O) groups excluding carboxylic acids is 1. The highest BCUT2D eigenvalue weighted by molar-refractivity contribution is 6.33. The van der Waals surface area contributed by atoms with Crippen molar-refractivity contribution in [1.29, 1.82) is 0 Å². The van der Waals surface area contributed by atoms with Gasteiger partial charge in [-0.25, -0.2) is 9.78 Å². The quantitative estimate of drug-likeness (QED) is 0.524. The van der Waals surface area contributed by atoms with Gasteiger partial charge in [0.05, 0.1) is 23.3 Å². The van der Waals surface area contributed by atoms with Crippen LogP contribution in [0.4, 0.5) is 33.6 Å². The highest BCUT2D eigenvalue weighted by Gasteiger charge is 2.37. The fraction of sp³-hybridized carbons (Fsp3) is 0.370. The molecule has 2 N–H and O–H groups in total. The number of amides is 2. The summed E-state index contributed by atoms with van der Waals surface area (Å²) in [7, 11) is 3.93. The van der Waals surface area contributed by atoms with Crippen LogP contribution in [0, 0.1) is 0 Å². The van der Waals surface area contributed by atoms with Gasteiger partial charge in [0, 0.05) is 62.9 Å². The Morgan fingerprint density at radius 2 is 1.84 bits per heavy atom. The van der Waals surface area contributed by atoms with Gasteiger partial charge < -0.3 is 25.3 Å². The molecule has 1 fully saturated rings. The van der Waals surface area contributed by atoms with Crippen molar-refractivity contribution in [3.63, 3.8) is 0 Å². The molecule has 1 saturated heterocycles. The number of anilines is 5. The molecule has 6 rings (SSSR count). The number of nitrogens with zero attached hydrogens (tertiary/aromatic N) is 6. The molecule has 9 nitrogen and oxygen atoms in total. The maximum atomic E-state index is 13.5. The molecule has 0 saturated carbocycles. The standard InChI is InChI=1S/C27H31ClN8O/c1-33-12-14-35(15-13-33)20-8-6-19(7-9-20)31-26-30-16-18-17-36(27(37)34(2)25(18)32-26)23-10-11-29-24-21(23)4-3-5-22(24)28/h3-9,16,23,29H,10-15,17H2,1-2H3,(H,30,31,32). The average Bonchev–Trinajstić information content (AvgIpc) is 2.92. The number of carbonyl (C=O) groups is 1. The Kier molecular flexibility index (Phi) is 6.26. The SMILES string of the molecule is CN1CCN(c2ccc(Nc3ncc4c(n3)N(C)C(=O)N(C3CCNc5c(Cl)cccc53)C4)cc2)CC1. The van der Waals surface area contributed by atoms with Crippen LogP contribution in [0.25, 0.3) is 0 Å². The van der Waals surface area contributed by atoms with Crippen LogP contribution in [0.5, 0.6) is 0 Å². The van der Waals surface area contributed by atoms with Crippen LogP contribution in [0.1, 0.15) is 23.6 Å². The Balaban J connectivity index is 1.19. The Labute approximate surface area is 222 Å². The molecular formula is C27H31ClN8O. The Morgan fingerprint density at radius 1 is 1.05 bits per heavy atom. The fourth-order valence-electron chi connectivity index (χ4n) is 5.41. The van der Waals surface area contributed by atoms with Gasteiger partial charge in [0.25, 0.3) is 0 Å². The van der Waals surface area contributed by atoms with E-state index < -0.39 is 0 Å². The fourth-order valence-corrected chi connectivity index (χ4v) is 5.65. The topological polar surface area (TPSA) is 79.9 Å². The van der Waals surface area contributed by atoms with Crippen molar-refractivity contribution in [2.24, 2.45) is 0 Å². The number of aromatic nitrogens is 2. The molecule has 4 heterocycles. The van der Waals surface area contributed by atoms with E-state index in [1.165, 1.54) is 5.69 Å². The molecule has 0 bridgehead atoms. The van der Waals surface area contributed by atoms with Gasteiger partial charge in [-0.1, -0.05) is 23.7 Å². The number of benzene rings is 2. The third-order valence-corrected chi connectivity index (χ3v) is 7.84. The largest absolute Gasteiger partial charge is 0.383 e. The molecule has 0 aliphatic carbocycles. The lowest BCUT2D eigenvalue weighted by Crippen LogP contribution is -2.48. The Hall–Kier alpha value is -3.56. The summed E-state index contributed by atoms with van der Waals surface area (Å²) in [6.07, 6.45) is 2.63. The number of piperazine rings is 1. The molecule has 37 heavy (non-hydrogen) atoms. The van der Waals surface area contributed by atoms with Crippen LogP contribution in [-0.2, 0) is 6.54 Å². The number of hydrogen-bond acceptors (Lipinski definition) is 7. The van der Waals surface area contributed by atoms with E-state index in [9.17, 15) is 4.79 Å². The molecule has 0 spiro atoms. The van der Waals surface area contributed by atoms with E-state index >= 15 is 0 Å². The summed E-state index contributed by atoms with van der Waals surface area (Å²) in [4.78, 5) is 31.0. The van der Waals surface area contributed by atoms with E-state index in [0.29, 0.717) is 23.3 Å². The van der Waals surface area contributed by atoms with Crippen molar-refractivity contribution in [1.82, 2.24) is 19.8 Å². The number of likely N-dealkylation sites (N-methyl/N-ethyl adjacent to an activating group) is 1. The lowest BCUT2D eigenvalue weighted by atomic mass is 9.95. The van der Waals surface area contributed by atoms with Crippen molar-refractivity contribution >= 4 is 46.5 Å². The van der Waals surface area contributed by atoms with E-state index in [1.54, 1.807) is 11.9 Å². The monoisotopic (exact) mass is 518 g/mol. The highest BCUT2D eigenvalue weighted by atomic mass is 35.5. The van der Waals surface area contributed by atoms with Crippen LogP contribution in [0.2, 0.25) is 5.02 Å². The van der Waals surface area contributed by atoms with Gasteiger partial charge in [-0.2, -0.15) is 4.98 Å². The van der Waals surface area contributed by atoms with Crippen molar-refractivity contribution in [2.45, 2.75) is 19.0 Å². The van der Waals surface area contributed by atoms with E-state index in [0.717, 1.165) is 61.6 Å². The van der Waals surface area contributed by atoms with Crippen LogP contribution in [-0.4, -0.2) is 72.6 Å².